The molecule has 0 heterocycles. The first kappa shape index (κ1) is 25.0. The van der Waals surface area contributed by atoms with Gasteiger partial charge in [0.05, 0.1) is 0 Å². The standard InChI is InChI=1S/C26H36N2O2S/c1-7-23(25(30)27-26(4,5)6)28(18-21-11-9-8-10-20(21)3)24(29)16-17-31-22-14-12-19(2)13-15-22/h8-15,23H,7,16-18H2,1-6H3,(H,27,30). The van der Waals surface area contributed by atoms with Gasteiger partial charge in [0.25, 0.3) is 0 Å². The average molecular weight is 441 g/mol. The highest BCUT2D eigenvalue weighted by Gasteiger charge is 2.30. The van der Waals surface area contributed by atoms with Gasteiger partial charge in [-0.1, -0.05) is 48.9 Å². The Bertz CT molecular complexity index is 872. The topological polar surface area (TPSA) is 49.4 Å². The van der Waals surface area contributed by atoms with Crippen molar-refractivity contribution in [3.05, 3.63) is 65.2 Å². The van der Waals surface area contributed by atoms with Crippen molar-refractivity contribution < 1.29 is 9.59 Å². The molecule has 2 amide bonds. The van der Waals surface area contributed by atoms with Crippen LogP contribution in [-0.2, 0) is 16.1 Å². The lowest BCUT2D eigenvalue weighted by molar-refractivity contribution is -0.141. The first-order valence-corrected chi connectivity index (χ1v) is 11.9. The minimum atomic E-state index is -0.490. The summed E-state index contributed by atoms with van der Waals surface area (Å²) in [5, 5.41) is 3.06. The van der Waals surface area contributed by atoms with E-state index in [0.717, 1.165) is 16.0 Å². The molecule has 0 aliphatic heterocycles. The lowest BCUT2D eigenvalue weighted by Gasteiger charge is -2.33. The number of benzene rings is 2. The monoisotopic (exact) mass is 440 g/mol. The summed E-state index contributed by atoms with van der Waals surface area (Å²) in [7, 11) is 0. The van der Waals surface area contributed by atoms with Crippen molar-refractivity contribution in [1.29, 1.82) is 0 Å². The SMILES string of the molecule is CCC(C(=O)NC(C)(C)C)N(Cc1ccccc1C)C(=O)CCSc1ccc(C)cc1. The maximum absolute atomic E-state index is 13.3. The number of aryl methyl sites for hydroxylation is 2. The van der Waals surface area contributed by atoms with Crippen molar-refractivity contribution in [3.8, 4) is 0 Å². The maximum atomic E-state index is 13.3. The van der Waals surface area contributed by atoms with E-state index in [-0.39, 0.29) is 17.4 Å². The van der Waals surface area contributed by atoms with Crippen LogP contribution in [0, 0.1) is 13.8 Å². The lowest BCUT2D eigenvalue weighted by Crippen LogP contribution is -2.53. The zero-order chi connectivity index (χ0) is 23.0. The molecule has 0 bridgehead atoms. The number of hydrogen-bond acceptors (Lipinski definition) is 3. The fourth-order valence-electron chi connectivity index (χ4n) is 3.38. The molecule has 0 fully saturated rings. The smallest absolute Gasteiger partial charge is 0.243 e. The Labute approximate surface area is 191 Å². The Balaban J connectivity index is 2.16. The largest absolute Gasteiger partial charge is 0.350 e. The average Bonchev–Trinajstić information content (AvgIpc) is 2.69. The van der Waals surface area contributed by atoms with Gasteiger partial charge in [0.1, 0.15) is 6.04 Å². The molecule has 1 N–H and O–H groups in total. The molecule has 2 aromatic rings. The van der Waals surface area contributed by atoms with E-state index in [1.165, 1.54) is 5.56 Å². The molecule has 5 heteroatoms. The van der Waals surface area contributed by atoms with Gasteiger partial charge in [-0.05, 0) is 64.3 Å². The van der Waals surface area contributed by atoms with Crippen LogP contribution in [0.1, 0.15) is 57.2 Å². The highest BCUT2D eigenvalue weighted by Crippen LogP contribution is 2.22. The fraction of sp³-hybridized carbons (Fsp3) is 0.462. The summed E-state index contributed by atoms with van der Waals surface area (Å²) in [5.41, 5.74) is 3.08. The summed E-state index contributed by atoms with van der Waals surface area (Å²) in [5.74, 6) is 0.602. The van der Waals surface area contributed by atoms with Crippen molar-refractivity contribution >= 4 is 23.6 Å². The molecule has 2 aromatic carbocycles. The van der Waals surface area contributed by atoms with Crippen molar-refractivity contribution in [2.75, 3.05) is 5.75 Å². The van der Waals surface area contributed by atoms with Crippen LogP contribution < -0.4 is 5.32 Å². The zero-order valence-electron chi connectivity index (χ0n) is 19.7. The van der Waals surface area contributed by atoms with Crippen molar-refractivity contribution in [2.45, 2.75) is 77.4 Å². The van der Waals surface area contributed by atoms with Crippen LogP contribution in [-0.4, -0.2) is 34.0 Å². The van der Waals surface area contributed by atoms with Gasteiger partial charge >= 0.3 is 0 Å². The lowest BCUT2D eigenvalue weighted by atomic mass is 10.0. The Morgan fingerprint density at radius 2 is 1.68 bits per heavy atom. The van der Waals surface area contributed by atoms with Gasteiger partial charge in [0.2, 0.25) is 11.8 Å². The number of carbonyl (C=O) groups is 2. The van der Waals surface area contributed by atoms with Crippen LogP contribution in [0.2, 0.25) is 0 Å². The summed E-state index contributed by atoms with van der Waals surface area (Å²) in [6.45, 7) is 12.4. The molecule has 0 radical (unpaired) electrons. The van der Waals surface area contributed by atoms with Crippen molar-refractivity contribution in [1.82, 2.24) is 10.2 Å². The van der Waals surface area contributed by atoms with E-state index < -0.39 is 6.04 Å². The van der Waals surface area contributed by atoms with E-state index in [4.69, 9.17) is 0 Å². The molecule has 0 aliphatic rings. The van der Waals surface area contributed by atoms with E-state index in [0.29, 0.717) is 25.1 Å². The van der Waals surface area contributed by atoms with Crippen molar-refractivity contribution in [3.63, 3.8) is 0 Å². The van der Waals surface area contributed by atoms with Crippen LogP contribution in [0.4, 0.5) is 0 Å². The second-order valence-corrected chi connectivity index (χ2v) is 10.2. The number of hydrogen-bond donors (Lipinski definition) is 1. The predicted octanol–water partition coefficient (Wildman–Crippen LogP) is 5.51. The van der Waals surface area contributed by atoms with Gasteiger partial charge in [0.15, 0.2) is 0 Å². The molecule has 0 saturated heterocycles. The van der Waals surface area contributed by atoms with E-state index in [1.54, 1.807) is 16.7 Å². The molecule has 2 rings (SSSR count). The summed E-state index contributed by atoms with van der Waals surface area (Å²) in [4.78, 5) is 29.3. The summed E-state index contributed by atoms with van der Waals surface area (Å²) in [6, 6.07) is 15.9. The van der Waals surface area contributed by atoms with E-state index >= 15 is 0 Å². The number of rotatable bonds is 9. The molecule has 0 aromatic heterocycles. The van der Waals surface area contributed by atoms with Gasteiger partial charge < -0.3 is 10.2 Å². The molecule has 31 heavy (non-hydrogen) atoms. The van der Waals surface area contributed by atoms with Crippen LogP contribution in [0.15, 0.2) is 53.4 Å². The van der Waals surface area contributed by atoms with Gasteiger partial charge in [-0.15, -0.1) is 11.8 Å². The number of nitrogens with zero attached hydrogens (tertiary/aromatic N) is 1. The highest BCUT2D eigenvalue weighted by atomic mass is 32.2. The van der Waals surface area contributed by atoms with Gasteiger partial charge in [0, 0.05) is 29.2 Å². The quantitative estimate of drug-likeness (QED) is 0.523. The molecular weight excluding hydrogens is 404 g/mol. The first-order chi connectivity index (χ1) is 14.6. The van der Waals surface area contributed by atoms with E-state index in [9.17, 15) is 9.59 Å². The van der Waals surface area contributed by atoms with E-state index in [1.807, 2.05) is 58.9 Å². The summed E-state index contributed by atoms with van der Waals surface area (Å²) < 4.78 is 0. The number of carbonyl (C=O) groups excluding carboxylic acids is 2. The van der Waals surface area contributed by atoms with Crippen molar-refractivity contribution in [2.24, 2.45) is 0 Å². The number of amides is 2. The van der Waals surface area contributed by atoms with Gasteiger partial charge in [-0.25, -0.2) is 0 Å². The van der Waals surface area contributed by atoms with Crippen LogP contribution >= 0.6 is 11.8 Å². The van der Waals surface area contributed by atoms with Gasteiger partial charge in [-0.2, -0.15) is 0 Å². The molecule has 168 valence electrons. The molecule has 0 spiro atoms. The summed E-state index contributed by atoms with van der Waals surface area (Å²) in [6.07, 6.45) is 0.967. The normalized spacial score (nSPS) is 12.3. The Morgan fingerprint density at radius 1 is 1.03 bits per heavy atom. The first-order valence-electron chi connectivity index (χ1n) is 11.0. The molecule has 0 aliphatic carbocycles. The molecular formula is C26H36N2O2S. The van der Waals surface area contributed by atoms with Crippen LogP contribution in [0.25, 0.3) is 0 Å². The Kier molecular flexibility index (Phi) is 9.17. The van der Waals surface area contributed by atoms with E-state index in [2.05, 4.69) is 36.5 Å². The third-order valence-corrected chi connectivity index (χ3v) is 6.11. The third-order valence-electron chi connectivity index (χ3n) is 5.09. The van der Waals surface area contributed by atoms with Crippen LogP contribution in [0.5, 0.6) is 0 Å². The number of nitrogens with one attached hydrogen (secondary N) is 1. The third kappa shape index (κ3) is 8.06. The minimum absolute atomic E-state index is 0.0128. The fourth-order valence-corrected chi connectivity index (χ4v) is 4.22. The highest BCUT2D eigenvalue weighted by molar-refractivity contribution is 7.99. The zero-order valence-corrected chi connectivity index (χ0v) is 20.5. The summed E-state index contributed by atoms with van der Waals surface area (Å²) >= 11 is 1.67. The Morgan fingerprint density at radius 3 is 2.26 bits per heavy atom. The second kappa shape index (κ2) is 11.4. The predicted molar refractivity (Wildman–Crippen MR) is 130 cm³/mol. The number of thioether (sulfide) groups is 1. The minimum Gasteiger partial charge on any atom is -0.350 e. The maximum Gasteiger partial charge on any atom is 0.243 e. The second-order valence-electron chi connectivity index (χ2n) is 9.02. The molecule has 1 unspecified atom stereocenters. The van der Waals surface area contributed by atoms with Gasteiger partial charge in [-0.3, -0.25) is 9.59 Å². The molecule has 4 nitrogen and oxygen atoms in total. The Hall–Kier alpha value is -2.27. The molecule has 1 atom stereocenters. The van der Waals surface area contributed by atoms with Crippen LogP contribution in [0.3, 0.4) is 0 Å². The molecule has 0 saturated carbocycles.